The van der Waals surface area contributed by atoms with Crippen molar-refractivity contribution in [2.24, 2.45) is 0 Å². The van der Waals surface area contributed by atoms with Gasteiger partial charge in [0.15, 0.2) is 23.3 Å². The molecule has 4 nitrogen and oxygen atoms in total. The summed E-state index contributed by atoms with van der Waals surface area (Å²) >= 11 is 3.03. The van der Waals surface area contributed by atoms with E-state index in [-0.39, 0.29) is 16.5 Å². The van der Waals surface area contributed by atoms with E-state index in [1.54, 1.807) is 5.32 Å². The number of nitrogens with zero attached hydrogens (tertiary/aromatic N) is 2. The van der Waals surface area contributed by atoms with Crippen LogP contribution in [-0.4, -0.2) is 15.7 Å². The van der Waals surface area contributed by atoms with Crippen LogP contribution in [-0.2, 0) is 11.3 Å². The van der Waals surface area contributed by atoms with Crippen LogP contribution in [0, 0.1) is 23.3 Å². The monoisotopic (exact) mass is 441 g/mol. The Labute approximate surface area is 151 Å². The van der Waals surface area contributed by atoms with Crippen LogP contribution >= 0.6 is 15.9 Å². The average molecular weight is 442 g/mol. The molecule has 1 heterocycles. The minimum atomic E-state index is -2.89. The van der Waals surface area contributed by atoms with Crippen molar-refractivity contribution in [1.29, 1.82) is 0 Å². The minimum Gasteiger partial charge on any atom is -0.319 e. The number of hydrogen-bond acceptors (Lipinski definition) is 2. The number of amides is 1. The van der Waals surface area contributed by atoms with Crippen molar-refractivity contribution in [3.63, 3.8) is 0 Å². The summed E-state index contributed by atoms with van der Waals surface area (Å²) in [4.78, 5) is 12.0. The lowest BCUT2D eigenvalue weighted by molar-refractivity contribution is -0.117. The Hall–Kier alpha value is -2.04. The van der Waals surface area contributed by atoms with Crippen LogP contribution in [0.2, 0.25) is 0 Å². The molecule has 1 N–H and O–H groups in total. The Morgan fingerprint density at radius 3 is 2.31 bits per heavy atom. The molecule has 1 amide bonds. The van der Waals surface area contributed by atoms with Crippen LogP contribution in [0.4, 0.5) is 32.0 Å². The Bertz CT molecular complexity index is 855. The van der Waals surface area contributed by atoms with E-state index in [4.69, 9.17) is 0 Å². The molecule has 0 unspecified atom stereocenters. The molecule has 3 rings (SSSR count). The Morgan fingerprint density at radius 1 is 1.23 bits per heavy atom. The Morgan fingerprint density at radius 2 is 1.81 bits per heavy atom. The summed E-state index contributed by atoms with van der Waals surface area (Å²) in [6.07, 6.45) is -1.46. The van der Waals surface area contributed by atoms with Gasteiger partial charge in [-0.25, -0.2) is 26.3 Å². The molecule has 1 aliphatic carbocycles. The number of nitrogens with one attached hydrogen (secondary N) is 1. The number of hydrogen-bond donors (Lipinski definition) is 1. The molecule has 1 fully saturated rings. The van der Waals surface area contributed by atoms with Crippen LogP contribution in [0.25, 0.3) is 0 Å². The fraction of sp³-hybridized carbons (Fsp3) is 0.333. The maximum absolute atomic E-state index is 13.6. The second kappa shape index (κ2) is 6.93. The van der Waals surface area contributed by atoms with Crippen molar-refractivity contribution >= 4 is 27.5 Å². The van der Waals surface area contributed by atoms with Crippen molar-refractivity contribution in [1.82, 2.24) is 9.78 Å². The average Bonchev–Trinajstić information content (AvgIpc) is 3.34. The topological polar surface area (TPSA) is 46.9 Å². The zero-order chi connectivity index (χ0) is 19.2. The summed E-state index contributed by atoms with van der Waals surface area (Å²) in [5, 5.41) is 5.38. The number of carbonyl (C=O) groups is 1. The zero-order valence-electron chi connectivity index (χ0n) is 12.8. The van der Waals surface area contributed by atoms with E-state index in [9.17, 15) is 31.1 Å². The number of anilines is 1. The van der Waals surface area contributed by atoms with E-state index in [1.807, 2.05) is 0 Å². The second-order valence-corrected chi connectivity index (χ2v) is 6.50. The summed E-state index contributed by atoms with van der Waals surface area (Å²) in [6.45, 7) is -0.659. The first-order chi connectivity index (χ1) is 12.2. The van der Waals surface area contributed by atoms with Crippen LogP contribution in [0.1, 0.15) is 36.6 Å². The maximum Gasteiger partial charge on any atom is 0.283 e. The fourth-order valence-corrected chi connectivity index (χ4v) is 3.26. The van der Waals surface area contributed by atoms with Gasteiger partial charge in [0.25, 0.3) is 6.43 Å². The molecular formula is C15H10BrF6N3O. The third kappa shape index (κ3) is 3.44. The van der Waals surface area contributed by atoms with Gasteiger partial charge in [-0.1, -0.05) is 0 Å². The van der Waals surface area contributed by atoms with Crippen molar-refractivity contribution in [2.45, 2.75) is 31.7 Å². The van der Waals surface area contributed by atoms with E-state index in [1.165, 1.54) is 0 Å². The smallest absolute Gasteiger partial charge is 0.283 e. The summed E-state index contributed by atoms with van der Waals surface area (Å²) in [5.41, 5.74) is -1.49. The van der Waals surface area contributed by atoms with E-state index in [0.29, 0.717) is 18.5 Å². The van der Waals surface area contributed by atoms with Crippen molar-refractivity contribution < 1.29 is 31.1 Å². The van der Waals surface area contributed by atoms with Crippen molar-refractivity contribution in [2.75, 3.05) is 5.32 Å². The highest BCUT2D eigenvalue weighted by molar-refractivity contribution is 9.10. The molecule has 0 aliphatic heterocycles. The van der Waals surface area contributed by atoms with E-state index >= 15 is 0 Å². The predicted octanol–water partition coefficient (Wildman–Crippen LogP) is 4.66. The molecule has 0 atom stereocenters. The molecule has 140 valence electrons. The van der Waals surface area contributed by atoms with Gasteiger partial charge >= 0.3 is 0 Å². The third-order valence-electron chi connectivity index (χ3n) is 3.80. The maximum atomic E-state index is 13.6. The van der Waals surface area contributed by atoms with Gasteiger partial charge in [0.1, 0.15) is 17.9 Å². The second-order valence-electron chi connectivity index (χ2n) is 5.71. The molecule has 1 saturated carbocycles. The largest absolute Gasteiger partial charge is 0.319 e. The highest BCUT2D eigenvalue weighted by Gasteiger charge is 2.34. The van der Waals surface area contributed by atoms with Crippen LogP contribution in [0.5, 0.6) is 0 Å². The van der Waals surface area contributed by atoms with Gasteiger partial charge in [-0.05, 0) is 28.8 Å². The SMILES string of the molecule is O=C(Cn1nc(C(F)F)c(Br)c1C1CC1)Nc1c(F)c(F)cc(F)c1F. The fourth-order valence-electron chi connectivity index (χ4n) is 2.48. The van der Waals surface area contributed by atoms with Crippen LogP contribution in [0.3, 0.4) is 0 Å². The first-order valence-corrected chi connectivity index (χ1v) is 8.17. The van der Waals surface area contributed by atoms with Crippen molar-refractivity contribution in [3.8, 4) is 0 Å². The minimum absolute atomic E-state index is 0.00501. The first-order valence-electron chi connectivity index (χ1n) is 7.37. The predicted molar refractivity (Wildman–Crippen MR) is 81.8 cm³/mol. The third-order valence-corrected chi connectivity index (χ3v) is 4.61. The van der Waals surface area contributed by atoms with Crippen molar-refractivity contribution in [3.05, 3.63) is 45.2 Å². The molecule has 26 heavy (non-hydrogen) atoms. The summed E-state index contributed by atoms with van der Waals surface area (Å²) < 4.78 is 80.6. The first kappa shape index (κ1) is 18.7. The molecule has 2 aromatic rings. The van der Waals surface area contributed by atoms with Gasteiger partial charge in [-0.15, -0.1) is 0 Å². The molecule has 0 radical (unpaired) electrons. The summed E-state index contributed by atoms with van der Waals surface area (Å²) in [6, 6.07) is 0.00501. The molecular weight excluding hydrogens is 432 g/mol. The molecule has 1 aromatic carbocycles. The van der Waals surface area contributed by atoms with Gasteiger partial charge in [-0.3, -0.25) is 9.48 Å². The van der Waals surface area contributed by atoms with Gasteiger partial charge in [0.2, 0.25) is 5.91 Å². The molecule has 11 heteroatoms. The Kier molecular flexibility index (Phi) is 5.00. The normalized spacial score (nSPS) is 14.2. The van der Waals surface area contributed by atoms with Gasteiger partial charge in [-0.2, -0.15) is 5.10 Å². The number of alkyl halides is 2. The molecule has 1 aromatic heterocycles. The van der Waals surface area contributed by atoms with Gasteiger partial charge in [0, 0.05) is 12.0 Å². The lowest BCUT2D eigenvalue weighted by Gasteiger charge is -2.10. The number of aromatic nitrogens is 2. The standard InChI is InChI=1S/C15H10BrF6N3O/c16-9-12(15(21)22)24-25(14(9)5-1-2-5)4-8(26)23-13-10(19)6(17)3-7(18)11(13)20/h3,5,15H,1-2,4H2,(H,23,26). The zero-order valence-corrected chi connectivity index (χ0v) is 14.4. The van der Waals surface area contributed by atoms with Crippen LogP contribution < -0.4 is 5.32 Å². The Balaban J connectivity index is 1.87. The molecule has 0 saturated heterocycles. The summed E-state index contributed by atoms with van der Waals surface area (Å²) in [5.74, 6) is -8.05. The molecule has 1 aliphatic rings. The number of benzene rings is 1. The molecule has 0 bridgehead atoms. The highest BCUT2D eigenvalue weighted by Crippen LogP contribution is 2.45. The quantitative estimate of drug-likeness (QED) is 0.541. The lowest BCUT2D eigenvalue weighted by Crippen LogP contribution is -2.22. The lowest BCUT2D eigenvalue weighted by atomic mass is 10.2. The highest BCUT2D eigenvalue weighted by atomic mass is 79.9. The van der Waals surface area contributed by atoms with Crippen LogP contribution in [0.15, 0.2) is 10.5 Å². The summed E-state index contributed by atoms with van der Waals surface area (Å²) in [7, 11) is 0. The van der Waals surface area contributed by atoms with Gasteiger partial charge in [0.05, 0.1) is 10.2 Å². The number of carbonyl (C=O) groups excluding carboxylic acids is 1. The number of halogens is 7. The van der Waals surface area contributed by atoms with E-state index in [2.05, 4.69) is 21.0 Å². The molecule has 0 spiro atoms. The van der Waals surface area contributed by atoms with Gasteiger partial charge < -0.3 is 5.32 Å². The van der Waals surface area contributed by atoms with E-state index < -0.39 is 53.5 Å². The number of rotatable bonds is 5. The van der Waals surface area contributed by atoms with E-state index in [0.717, 1.165) is 4.68 Å².